The van der Waals surface area contributed by atoms with Crippen LogP contribution in [0.25, 0.3) is 11.0 Å². The van der Waals surface area contributed by atoms with Crippen LogP contribution in [-0.2, 0) is 0 Å². The Morgan fingerprint density at radius 2 is 2.12 bits per heavy atom. The fraction of sp³-hybridized carbons (Fsp3) is 0.188. The molecule has 134 valence electrons. The standard InChI is InChI=1S/C16H13ClF2N6O/c17-10-4-9(5-22-14(10)25-7-16(18,19)8-25)23-15(26)24-12-6-21-11-2-1-3-20-13(11)12/h1-6,21H,7-8H2,(H2,23,24,26). The normalized spacial score (nSPS) is 15.6. The Balaban J connectivity index is 1.44. The van der Waals surface area contributed by atoms with Crippen LogP contribution in [0.1, 0.15) is 0 Å². The zero-order valence-electron chi connectivity index (χ0n) is 13.3. The molecular weight excluding hydrogens is 366 g/mol. The molecule has 3 N–H and O–H groups in total. The third-order valence-electron chi connectivity index (χ3n) is 3.91. The van der Waals surface area contributed by atoms with Gasteiger partial charge >= 0.3 is 6.03 Å². The van der Waals surface area contributed by atoms with Crippen molar-refractivity contribution in [1.82, 2.24) is 15.0 Å². The van der Waals surface area contributed by atoms with Gasteiger partial charge in [-0.1, -0.05) is 11.6 Å². The number of H-pyrrole nitrogens is 1. The Kier molecular flexibility index (Phi) is 3.87. The Hall–Kier alpha value is -2.94. The summed E-state index contributed by atoms with van der Waals surface area (Å²) in [6.07, 6.45) is 4.63. The number of urea groups is 1. The van der Waals surface area contributed by atoms with E-state index in [-0.39, 0.29) is 10.8 Å². The molecule has 1 aliphatic heterocycles. The Morgan fingerprint density at radius 1 is 1.31 bits per heavy atom. The van der Waals surface area contributed by atoms with Gasteiger partial charge in [0.1, 0.15) is 11.3 Å². The molecule has 0 radical (unpaired) electrons. The monoisotopic (exact) mass is 378 g/mol. The van der Waals surface area contributed by atoms with Gasteiger partial charge in [0.05, 0.1) is 41.2 Å². The molecule has 0 atom stereocenters. The summed E-state index contributed by atoms with van der Waals surface area (Å²) in [4.78, 5) is 24.8. The van der Waals surface area contributed by atoms with Gasteiger partial charge in [0.15, 0.2) is 0 Å². The summed E-state index contributed by atoms with van der Waals surface area (Å²) in [6, 6.07) is 4.59. The maximum Gasteiger partial charge on any atom is 0.323 e. The highest BCUT2D eigenvalue weighted by Crippen LogP contribution is 2.35. The topological polar surface area (TPSA) is 85.9 Å². The first kappa shape index (κ1) is 16.5. The van der Waals surface area contributed by atoms with Gasteiger partial charge in [-0.15, -0.1) is 0 Å². The van der Waals surface area contributed by atoms with E-state index < -0.39 is 25.0 Å². The number of hydrogen-bond donors (Lipinski definition) is 3. The van der Waals surface area contributed by atoms with Gasteiger partial charge in [-0.05, 0) is 18.2 Å². The van der Waals surface area contributed by atoms with Gasteiger partial charge in [-0.25, -0.2) is 18.6 Å². The lowest BCUT2D eigenvalue weighted by atomic mass is 10.1. The number of pyridine rings is 2. The van der Waals surface area contributed by atoms with E-state index in [1.807, 2.05) is 6.07 Å². The number of hydrogen-bond acceptors (Lipinski definition) is 4. The molecule has 3 aromatic rings. The summed E-state index contributed by atoms with van der Waals surface area (Å²) in [7, 11) is 0. The van der Waals surface area contributed by atoms with Crippen LogP contribution < -0.4 is 15.5 Å². The van der Waals surface area contributed by atoms with Crippen molar-refractivity contribution < 1.29 is 13.6 Å². The zero-order chi connectivity index (χ0) is 18.3. The summed E-state index contributed by atoms with van der Waals surface area (Å²) < 4.78 is 25.9. The Bertz CT molecular complexity index is 984. The number of amides is 2. The van der Waals surface area contributed by atoms with Crippen LogP contribution in [0.5, 0.6) is 0 Å². The molecule has 2 amide bonds. The zero-order valence-corrected chi connectivity index (χ0v) is 14.0. The highest BCUT2D eigenvalue weighted by molar-refractivity contribution is 6.33. The maximum absolute atomic E-state index is 13.0. The number of nitrogens with zero attached hydrogens (tertiary/aromatic N) is 3. The predicted molar refractivity (Wildman–Crippen MR) is 95.1 cm³/mol. The van der Waals surface area contributed by atoms with Crippen molar-refractivity contribution in [1.29, 1.82) is 0 Å². The van der Waals surface area contributed by atoms with Crippen LogP contribution in [0.4, 0.5) is 30.8 Å². The van der Waals surface area contributed by atoms with Crippen molar-refractivity contribution in [2.24, 2.45) is 0 Å². The minimum absolute atomic E-state index is 0.187. The summed E-state index contributed by atoms with van der Waals surface area (Å²) >= 11 is 6.10. The summed E-state index contributed by atoms with van der Waals surface area (Å²) in [5, 5.41) is 5.47. The van der Waals surface area contributed by atoms with Crippen LogP contribution in [0.15, 0.2) is 36.8 Å². The summed E-state index contributed by atoms with van der Waals surface area (Å²) in [6.45, 7) is -0.832. The number of fused-ring (bicyclic) bond motifs is 1. The van der Waals surface area contributed by atoms with Crippen molar-refractivity contribution in [3.05, 3.63) is 41.8 Å². The number of alkyl halides is 2. The molecule has 0 aromatic carbocycles. The van der Waals surface area contributed by atoms with Gasteiger partial charge in [-0.2, -0.15) is 0 Å². The van der Waals surface area contributed by atoms with E-state index >= 15 is 0 Å². The molecule has 1 aliphatic rings. The van der Waals surface area contributed by atoms with E-state index in [1.165, 1.54) is 17.2 Å². The van der Waals surface area contributed by atoms with Crippen molar-refractivity contribution in [3.63, 3.8) is 0 Å². The first-order chi connectivity index (χ1) is 12.4. The SMILES string of the molecule is O=C(Nc1cnc(N2CC(F)(F)C2)c(Cl)c1)Nc1c[nH]c2cccnc12. The van der Waals surface area contributed by atoms with Gasteiger partial charge in [0.25, 0.3) is 5.92 Å². The highest BCUT2D eigenvalue weighted by atomic mass is 35.5. The number of aromatic nitrogens is 3. The second kappa shape index (κ2) is 6.10. The fourth-order valence-electron chi connectivity index (χ4n) is 2.73. The van der Waals surface area contributed by atoms with Crippen molar-refractivity contribution >= 4 is 45.9 Å². The molecule has 0 bridgehead atoms. The lowest BCUT2D eigenvalue weighted by molar-refractivity contribution is -0.0266. The van der Waals surface area contributed by atoms with Crippen LogP contribution in [-0.4, -0.2) is 40.0 Å². The second-order valence-electron chi connectivity index (χ2n) is 5.92. The number of nitrogens with one attached hydrogen (secondary N) is 3. The van der Waals surface area contributed by atoms with Gasteiger partial charge < -0.3 is 20.5 Å². The quantitative estimate of drug-likeness (QED) is 0.648. The average Bonchev–Trinajstić information content (AvgIpc) is 2.96. The van der Waals surface area contributed by atoms with E-state index in [2.05, 4.69) is 25.6 Å². The van der Waals surface area contributed by atoms with Crippen LogP contribution >= 0.6 is 11.6 Å². The first-order valence-electron chi connectivity index (χ1n) is 7.70. The molecular formula is C16H13ClF2N6O. The van der Waals surface area contributed by atoms with Crippen LogP contribution in [0.2, 0.25) is 5.02 Å². The molecule has 4 heterocycles. The number of halogens is 3. The van der Waals surface area contributed by atoms with Crippen molar-refractivity contribution in [2.75, 3.05) is 28.6 Å². The third-order valence-corrected chi connectivity index (χ3v) is 4.18. The number of carbonyl (C=O) groups excluding carboxylic acids is 1. The summed E-state index contributed by atoms with van der Waals surface area (Å²) in [5.74, 6) is -2.45. The third kappa shape index (κ3) is 3.13. The molecule has 26 heavy (non-hydrogen) atoms. The first-order valence-corrected chi connectivity index (χ1v) is 8.07. The molecule has 0 aliphatic carbocycles. The molecule has 0 unspecified atom stereocenters. The number of carbonyl (C=O) groups is 1. The fourth-order valence-corrected chi connectivity index (χ4v) is 3.01. The smallest absolute Gasteiger partial charge is 0.323 e. The molecule has 1 saturated heterocycles. The van der Waals surface area contributed by atoms with Crippen molar-refractivity contribution in [2.45, 2.75) is 5.92 Å². The Morgan fingerprint density at radius 3 is 2.85 bits per heavy atom. The largest absolute Gasteiger partial charge is 0.358 e. The van der Waals surface area contributed by atoms with E-state index in [0.717, 1.165) is 5.52 Å². The van der Waals surface area contributed by atoms with E-state index in [9.17, 15) is 13.6 Å². The minimum Gasteiger partial charge on any atom is -0.358 e. The molecule has 3 aromatic heterocycles. The van der Waals surface area contributed by atoms with E-state index in [1.54, 1.807) is 18.5 Å². The lowest BCUT2D eigenvalue weighted by Gasteiger charge is -2.39. The van der Waals surface area contributed by atoms with Gasteiger partial charge in [-0.3, -0.25) is 4.98 Å². The van der Waals surface area contributed by atoms with Gasteiger partial charge in [0.2, 0.25) is 0 Å². The lowest BCUT2D eigenvalue weighted by Crippen LogP contribution is -2.56. The average molecular weight is 379 g/mol. The molecule has 0 spiro atoms. The molecule has 10 heteroatoms. The van der Waals surface area contributed by atoms with E-state index in [0.29, 0.717) is 16.9 Å². The van der Waals surface area contributed by atoms with Crippen LogP contribution in [0.3, 0.4) is 0 Å². The second-order valence-corrected chi connectivity index (χ2v) is 6.33. The number of aromatic amines is 1. The Labute approximate surface area is 151 Å². The molecule has 0 saturated carbocycles. The summed E-state index contributed by atoms with van der Waals surface area (Å²) in [5.41, 5.74) is 2.30. The molecule has 7 nitrogen and oxygen atoms in total. The minimum atomic E-state index is -2.71. The number of anilines is 3. The predicted octanol–water partition coefficient (Wildman–Crippen LogP) is 3.71. The maximum atomic E-state index is 13.0. The number of rotatable bonds is 3. The van der Waals surface area contributed by atoms with Crippen LogP contribution in [0, 0.1) is 0 Å². The molecule has 4 rings (SSSR count). The molecule has 1 fully saturated rings. The van der Waals surface area contributed by atoms with Gasteiger partial charge in [0, 0.05) is 12.4 Å². The highest BCUT2D eigenvalue weighted by Gasteiger charge is 2.45. The van der Waals surface area contributed by atoms with Crippen molar-refractivity contribution in [3.8, 4) is 0 Å². The van der Waals surface area contributed by atoms with E-state index in [4.69, 9.17) is 11.6 Å².